The molecule has 1 aliphatic rings. The second-order valence-corrected chi connectivity index (χ2v) is 10.1. The first-order valence-electron chi connectivity index (χ1n) is 10.9. The first-order chi connectivity index (χ1) is 15.3. The number of sulfonamides is 1. The summed E-state index contributed by atoms with van der Waals surface area (Å²) in [6, 6.07) is 15.6. The van der Waals surface area contributed by atoms with E-state index in [4.69, 9.17) is 4.74 Å². The standard InChI is InChI=1S/C24H30N2O5S/c1-18(2)16-21(25-32(29,30)20-12-7-4-8-13-20)23(27)26-15-9-14-22(26)24(28)31-17-19-10-5-3-6-11-19/h3-8,10-13,18,21-22,25H,9,14-17H2,1-2H3/t21?,22-/m0/s1. The summed E-state index contributed by atoms with van der Waals surface area (Å²) in [4.78, 5) is 27.7. The molecule has 1 heterocycles. The van der Waals surface area contributed by atoms with Crippen molar-refractivity contribution in [3.05, 3.63) is 66.2 Å². The van der Waals surface area contributed by atoms with Gasteiger partial charge in [-0.1, -0.05) is 62.4 Å². The van der Waals surface area contributed by atoms with Gasteiger partial charge in [-0.2, -0.15) is 4.72 Å². The molecule has 0 aromatic heterocycles. The first-order valence-corrected chi connectivity index (χ1v) is 12.3. The zero-order valence-corrected chi connectivity index (χ0v) is 19.3. The van der Waals surface area contributed by atoms with Gasteiger partial charge in [0.15, 0.2) is 0 Å². The lowest BCUT2D eigenvalue weighted by Crippen LogP contribution is -2.52. The maximum Gasteiger partial charge on any atom is 0.329 e. The Labute approximate surface area is 189 Å². The number of nitrogens with one attached hydrogen (secondary N) is 1. The Morgan fingerprint density at radius 3 is 2.31 bits per heavy atom. The largest absolute Gasteiger partial charge is 0.459 e. The minimum atomic E-state index is -3.88. The van der Waals surface area contributed by atoms with Crippen molar-refractivity contribution in [3.63, 3.8) is 0 Å². The number of esters is 1. The Morgan fingerprint density at radius 2 is 1.69 bits per heavy atom. The first kappa shape index (κ1) is 23.9. The molecule has 0 spiro atoms. The smallest absolute Gasteiger partial charge is 0.329 e. The van der Waals surface area contributed by atoms with Crippen LogP contribution in [0.25, 0.3) is 0 Å². The zero-order chi connectivity index (χ0) is 23.1. The number of benzene rings is 2. The minimum Gasteiger partial charge on any atom is -0.459 e. The quantitative estimate of drug-likeness (QED) is 0.583. The molecule has 3 rings (SSSR count). The van der Waals surface area contributed by atoms with Crippen LogP contribution in [0.1, 0.15) is 38.7 Å². The normalized spacial score (nSPS) is 17.3. The number of carbonyl (C=O) groups is 2. The topological polar surface area (TPSA) is 92.8 Å². The maximum atomic E-state index is 13.4. The van der Waals surface area contributed by atoms with Crippen molar-refractivity contribution in [1.82, 2.24) is 9.62 Å². The van der Waals surface area contributed by atoms with E-state index in [2.05, 4.69) is 4.72 Å². The number of amides is 1. The van der Waals surface area contributed by atoms with Crippen LogP contribution in [0.4, 0.5) is 0 Å². The van der Waals surface area contributed by atoms with Gasteiger partial charge in [0.05, 0.1) is 4.90 Å². The van der Waals surface area contributed by atoms with Gasteiger partial charge in [-0.05, 0) is 42.9 Å². The van der Waals surface area contributed by atoms with E-state index in [0.29, 0.717) is 25.8 Å². The molecule has 1 aliphatic heterocycles. The molecule has 0 bridgehead atoms. The molecule has 0 aliphatic carbocycles. The van der Waals surface area contributed by atoms with Gasteiger partial charge >= 0.3 is 5.97 Å². The highest BCUT2D eigenvalue weighted by molar-refractivity contribution is 7.89. The average molecular weight is 459 g/mol. The van der Waals surface area contributed by atoms with E-state index in [1.54, 1.807) is 18.2 Å². The number of rotatable bonds is 9. The van der Waals surface area contributed by atoms with E-state index in [0.717, 1.165) is 5.56 Å². The van der Waals surface area contributed by atoms with E-state index >= 15 is 0 Å². The Balaban J connectivity index is 1.72. The van der Waals surface area contributed by atoms with Gasteiger partial charge in [-0.25, -0.2) is 13.2 Å². The lowest BCUT2D eigenvalue weighted by atomic mass is 10.0. The third-order valence-corrected chi connectivity index (χ3v) is 6.88. The number of hydrogen-bond donors (Lipinski definition) is 1. The van der Waals surface area contributed by atoms with Crippen molar-refractivity contribution < 1.29 is 22.7 Å². The molecule has 1 fully saturated rings. The Bertz CT molecular complexity index is 1010. The van der Waals surface area contributed by atoms with E-state index in [1.165, 1.54) is 17.0 Å². The molecule has 0 saturated carbocycles. The van der Waals surface area contributed by atoms with Crippen molar-refractivity contribution in [2.45, 2.75) is 56.7 Å². The molecule has 1 saturated heterocycles. The van der Waals surface area contributed by atoms with Crippen LogP contribution in [0.3, 0.4) is 0 Å². The van der Waals surface area contributed by atoms with E-state index in [-0.39, 0.29) is 17.4 Å². The molecule has 2 atom stereocenters. The van der Waals surface area contributed by atoms with Crippen LogP contribution in [-0.4, -0.2) is 43.8 Å². The van der Waals surface area contributed by atoms with Crippen molar-refractivity contribution >= 4 is 21.9 Å². The molecule has 2 aromatic carbocycles. The fourth-order valence-electron chi connectivity index (χ4n) is 3.83. The predicted octanol–water partition coefficient (Wildman–Crippen LogP) is 3.11. The highest BCUT2D eigenvalue weighted by Gasteiger charge is 2.39. The van der Waals surface area contributed by atoms with Crippen molar-refractivity contribution in [2.75, 3.05) is 6.54 Å². The summed E-state index contributed by atoms with van der Waals surface area (Å²) in [5, 5.41) is 0. The second kappa shape index (κ2) is 10.7. The van der Waals surface area contributed by atoms with Crippen molar-refractivity contribution in [2.24, 2.45) is 5.92 Å². The summed E-state index contributed by atoms with van der Waals surface area (Å²) in [6.45, 7) is 4.37. The third-order valence-electron chi connectivity index (χ3n) is 5.39. The van der Waals surface area contributed by atoms with Gasteiger partial charge in [0.1, 0.15) is 18.7 Å². The SMILES string of the molecule is CC(C)CC(NS(=O)(=O)c1ccccc1)C(=O)N1CCC[C@H]1C(=O)OCc1ccccc1. The molecule has 0 radical (unpaired) electrons. The monoisotopic (exact) mass is 458 g/mol. The summed E-state index contributed by atoms with van der Waals surface area (Å²) >= 11 is 0. The van der Waals surface area contributed by atoms with Crippen LogP contribution in [0, 0.1) is 5.92 Å². The van der Waals surface area contributed by atoms with Gasteiger partial charge in [-0.15, -0.1) is 0 Å². The minimum absolute atomic E-state index is 0.0773. The van der Waals surface area contributed by atoms with Gasteiger partial charge in [0.2, 0.25) is 15.9 Å². The summed E-state index contributed by atoms with van der Waals surface area (Å²) in [6.07, 6.45) is 1.49. The molecule has 1 unspecified atom stereocenters. The molecule has 7 nitrogen and oxygen atoms in total. The van der Waals surface area contributed by atoms with Crippen LogP contribution in [-0.2, 0) is 31.0 Å². The van der Waals surface area contributed by atoms with Crippen molar-refractivity contribution in [3.8, 4) is 0 Å². The number of nitrogens with zero attached hydrogens (tertiary/aromatic N) is 1. The van der Waals surface area contributed by atoms with E-state index in [1.807, 2.05) is 44.2 Å². The predicted molar refractivity (Wildman–Crippen MR) is 121 cm³/mol. The Morgan fingerprint density at radius 1 is 1.06 bits per heavy atom. The molecule has 32 heavy (non-hydrogen) atoms. The zero-order valence-electron chi connectivity index (χ0n) is 18.4. The number of carbonyl (C=O) groups excluding carboxylic acids is 2. The second-order valence-electron chi connectivity index (χ2n) is 8.40. The number of likely N-dealkylation sites (tertiary alicyclic amines) is 1. The third kappa shape index (κ3) is 6.17. The van der Waals surface area contributed by atoms with Gasteiger partial charge in [0.25, 0.3) is 0 Å². The number of hydrogen-bond acceptors (Lipinski definition) is 5. The molecule has 1 amide bonds. The molecule has 1 N–H and O–H groups in total. The summed E-state index contributed by atoms with van der Waals surface area (Å²) in [7, 11) is -3.88. The fraction of sp³-hybridized carbons (Fsp3) is 0.417. The summed E-state index contributed by atoms with van der Waals surface area (Å²) in [5.41, 5.74) is 0.866. The van der Waals surface area contributed by atoms with E-state index in [9.17, 15) is 18.0 Å². The highest BCUT2D eigenvalue weighted by Crippen LogP contribution is 2.23. The summed E-state index contributed by atoms with van der Waals surface area (Å²) < 4.78 is 33.7. The molecular formula is C24H30N2O5S. The molecule has 2 aromatic rings. The van der Waals surface area contributed by atoms with Crippen molar-refractivity contribution in [1.29, 1.82) is 0 Å². The fourth-order valence-corrected chi connectivity index (χ4v) is 5.05. The van der Waals surface area contributed by atoms with Crippen LogP contribution < -0.4 is 4.72 Å². The number of ether oxygens (including phenoxy) is 1. The molecular weight excluding hydrogens is 428 g/mol. The van der Waals surface area contributed by atoms with E-state index < -0.39 is 34.0 Å². The van der Waals surface area contributed by atoms with Crippen LogP contribution in [0.15, 0.2) is 65.6 Å². The molecule has 172 valence electrons. The van der Waals surface area contributed by atoms with Gasteiger partial charge in [-0.3, -0.25) is 4.79 Å². The Kier molecular flexibility index (Phi) is 8.04. The Hall–Kier alpha value is -2.71. The maximum absolute atomic E-state index is 13.4. The molecule has 8 heteroatoms. The van der Waals surface area contributed by atoms with Crippen LogP contribution in [0.2, 0.25) is 0 Å². The summed E-state index contributed by atoms with van der Waals surface area (Å²) in [5.74, 6) is -0.778. The van der Waals surface area contributed by atoms with Gasteiger partial charge < -0.3 is 9.64 Å². The average Bonchev–Trinajstić information content (AvgIpc) is 3.27. The van der Waals surface area contributed by atoms with Gasteiger partial charge in [0, 0.05) is 6.54 Å². The van der Waals surface area contributed by atoms with Crippen LogP contribution >= 0.6 is 0 Å². The van der Waals surface area contributed by atoms with Crippen LogP contribution in [0.5, 0.6) is 0 Å². The lowest BCUT2D eigenvalue weighted by Gasteiger charge is -2.29. The highest BCUT2D eigenvalue weighted by atomic mass is 32.2. The lowest BCUT2D eigenvalue weighted by molar-refractivity contribution is -0.155.